The zero-order valence-corrected chi connectivity index (χ0v) is 13.5. The van der Waals surface area contributed by atoms with Gasteiger partial charge in [0.1, 0.15) is 0 Å². The molecule has 4 heteroatoms. The molecule has 0 spiro atoms. The first-order chi connectivity index (χ1) is 8.72. The molecule has 0 aliphatic rings. The van der Waals surface area contributed by atoms with Gasteiger partial charge in [-0.3, -0.25) is 9.69 Å². The van der Waals surface area contributed by atoms with E-state index in [4.69, 9.17) is 0 Å². The fraction of sp³-hybridized carbons (Fsp3) is 0.933. The molecule has 0 rings (SSSR count). The smallest absolute Gasteiger partial charge is 0.236 e. The van der Waals surface area contributed by atoms with Gasteiger partial charge in [-0.15, -0.1) is 0 Å². The molecule has 0 radical (unpaired) electrons. The van der Waals surface area contributed by atoms with E-state index in [9.17, 15) is 9.90 Å². The monoisotopic (exact) mass is 272 g/mol. The largest absolute Gasteiger partial charge is 0.393 e. The van der Waals surface area contributed by atoms with Gasteiger partial charge in [-0.2, -0.15) is 0 Å². The van der Waals surface area contributed by atoms with Crippen LogP contribution in [0.15, 0.2) is 0 Å². The Balaban J connectivity index is 4.29. The molecule has 0 aromatic heterocycles. The first-order valence-electron chi connectivity index (χ1n) is 7.36. The van der Waals surface area contributed by atoms with E-state index in [1.807, 2.05) is 16.8 Å². The Morgan fingerprint density at radius 2 is 1.53 bits per heavy atom. The van der Waals surface area contributed by atoms with E-state index in [1.54, 1.807) is 6.92 Å². The Morgan fingerprint density at radius 1 is 1.05 bits per heavy atom. The summed E-state index contributed by atoms with van der Waals surface area (Å²) in [6.45, 7) is 13.2. The van der Waals surface area contributed by atoms with E-state index < -0.39 is 0 Å². The highest BCUT2D eigenvalue weighted by Gasteiger charge is 2.17. The molecule has 4 nitrogen and oxygen atoms in total. The van der Waals surface area contributed by atoms with Gasteiger partial charge < -0.3 is 10.0 Å². The highest BCUT2D eigenvalue weighted by molar-refractivity contribution is 5.78. The summed E-state index contributed by atoms with van der Waals surface area (Å²) in [5.74, 6) is 1.17. The number of rotatable bonds is 9. The molecular formula is C15H32N2O2. The SMILES string of the molecule is CC(C)CN(CC(C)C)C(=O)CN(C)CCC(C)O. The molecule has 0 fully saturated rings. The van der Waals surface area contributed by atoms with Crippen LogP contribution in [0, 0.1) is 11.8 Å². The first-order valence-corrected chi connectivity index (χ1v) is 7.36. The molecule has 0 saturated heterocycles. The zero-order chi connectivity index (χ0) is 15.0. The maximum Gasteiger partial charge on any atom is 0.236 e. The molecule has 114 valence electrons. The van der Waals surface area contributed by atoms with Gasteiger partial charge in [0.15, 0.2) is 0 Å². The number of nitrogens with zero attached hydrogens (tertiary/aromatic N) is 2. The number of aliphatic hydroxyl groups excluding tert-OH is 1. The number of hydrogen-bond acceptors (Lipinski definition) is 3. The quantitative estimate of drug-likeness (QED) is 0.696. The number of likely N-dealkylation sites (N-methyl/N-ethyl adjacent to an activating group) is 1. The van der Waals surface area contributed by atoms with E-state index in [1.165, 1.54) is 0 Å². The van der Waals surface area contributed by atoms with Crippen LogP contribution in [-0.4, -0.2) is 60.1 Å². The summed E-state index contributed by atoms with van der Waals surface area (Å²) >= 11 is 0. The number of amides is 1. The van der Waals surface area contributed by atoms with Crippen molar-refractivity contribution in [1.29, 1.82) is 0 Å². The van der Waals surface area contributed by atoms with Crippen molar-refractivity contribution in [2.24, 2.45) is 11.8 Å². The number of carbonyl (C=O) groups is 1. The molecule has 0 aliphatic heterocycles. The maximum atomic E-state index is 12.3. The third-order valence-electron chi connectivity index (χ3n) is 2.86. The van der Waals surface area contributed by atoms with Crippen molar-refractivity contribution in [2.75, 3.05) is 33.2 Å². The minimum absolute atomic E-state index is 0.190. The second-order valence-corrected chi connectivity index (χ2v) is 6.46. The fourth-order valence-corrected chi connectivity index (χ4v) is 1.98. The van der Waals surface area contributed by atoms with Crippen molar-refractivity contribution in [2.45, 2.75) is 47.1 Å². The second kappa shape index (κ2) is 9.32. The summed E-state index contributed by atoms with van der Waals surface area (Å²) in [7, 11) is 1.93. The average molecular weight is 272 g/mol. The van der Waals surface area contributed by atoms with Crippen LogP contribution < -0.4 is 0 Å². The summed E-state index contributed by atoms with van der Waals surface area (Å²) in [4.78, 5) is 16.2. The van der Waals surface area contributed by atoms with Crippen LogP contribution in [-0.2, 0) is 4.79 Å². The fourth-order valence-electron chi connectivity index (χ4n) is 1.98. The third-order valence-corrected chi connectivity index (χ3v) is 2.86. The van der Waals surface area contributed by atoms with Gasteiger partial charge in [0, 0.05) is 19.6 Å². The molecule has 1 atom stereocenters. The van der Waals surface area contributed by atoms with Crippen LogP contribution in [0.3, 0.4) is 0 Å². The van der Waals surface area contributed by atoms with Crippen LogP contribution in [0.2, 0.25) is 0 Å². The number of aliphatic hydroxyl groups is 1. The van der Waals surface area contributed by atoms with E-state index in [0.29, 0.717) is 24.8 Å². The molecule has 1 N–H and O–H groups in total. The van der Waals surface area contributed by atoms with Crippen molar-refractivity contribution in [3.05, 3.63) is 0 Å². The topological polar surface area (TPSA) is 43.8 Å². The lowest BCUT2D eigenvalue weighted by molar-refractivity contribution is -0.133. The lowest BCUT2D eigenvalue weighted by Crippen LogP contribution is -2.43. The minimum Gasteiger partial charge on any atom is -0.393 e. The van der Waals surface area contributed by atoms with Gasteiger partial charge in [0.25, 0.3) is 0 Å². The van der Waals surface area contributed by atoms with Crippen LogP contribution in [0.4, 0.5) is 0 Å². The van der Waals surface area contributed by atoms with Crippen LogP contribution in [0.5, 0.6) is 0 Å². The molecule has 19 heavy (non-hydrogen) atoms. The second-order valence-electron chi connectivity index (χ2n) is 6.46. The standard InChI is InChI=1S/C15H32N2O2/c1-12(2)9-17(10-13(3)4)15(19)11-16(6)8-7-14(5)18/h12-14,18H,7-11H2,1-6H3. The summed E-state index contributed by atoms with van der Waals surface area (Å²) in [5, 5.41) is 9.26. The Hall–Kier alpha value is -0.610. The highest BCUT2D eigenvalue weighted by Crippen LogP contribution is 2.05. The highest BCUT2D eigenvalue weighted by atomic mass is 16.3. The number of carbonyl (C=O) groups excluding carboxylic acids is 1. The normalized spacial score (nSPS) is 13.4. The Morgan fingerprint density at radius 3 is 1.89 bits per heavy atom. The van der Waals surface area contributed by atoms with Crippen LogP contribution in [0.25, 0.3) is 0 Å². The van der Waals surface area contributed by atoms with Crippen LogP contribution in [0.1, 0.15) is 41.0 Å². The lowest BCUT2D eigenvalue weighted by Gasteiger charge is -2.28. The van der Waals surface area contributed by atoms with Crippen molar-refractivity contribution >= 4 is 5.91 Å². The third kappa shape index (κ3) is 9.91. The molecule has 0 bridgehead atoms. The molecule has 0 aromatic carbocycles. The summed E-state index contributed by atoms with van der Waals surface area (Å²) in [6.07, 6.45) is 0.401. The van der Waals surface area contributed by atoms with Gasteiger partial charge in [0.2, 0.25) is 5.91 Å². The lowest BCUT2D eigenvalue weighted by atomic mass is 10.1. The molecule has 1 unspecified atom stereocenters. The van der Waals surface area contributed by atoms with Gasteiger partial charge >= 0.3 is 0 Å². The summed E-state index contributed by atoms with van der Waals surface area (Å²) in [6, 6.07) is 0. The van der Waals surface area contributed by atoms with Gasteiger partial charge in [-0.25, -0.2) is 0 Å². The van der Waals surface area contributed by atoms with E-state index >= 15 is 0 Å². The van der Waals surface area contributed by atoms with Crippen molar-refractivity contribution in [3.8, 4) is 0 Å². The van der Waals surface area contributed by atoms with E-state index in [0.717, 1.165) is 19.6 Å². The van der Waals surface area contributed by atoms with Crippen molar-refractivity contribution in [3.63, 3.8) is 0 Å². The first kappa shape index (κ1) is 18.4. The summed E-state index contributed by atoms with van der Waals surface area (Å²) in [5.41, 5.74) is 0. The molecular weight excluding hydrogens is 240 g/mol. The van der Waals surface area contributed by atoms with Gasteiger partial charge in [-0.05, 0) is 32.2 Å². The Labute approximate surface area is 118 Å². The maximum absolute atomic E-state index is 12.3. The van der Waals surface area contributed by atoms with Crippen molar-refractivity contribution in [1.82, 2.24) is 9.80 Å². The number of hydrogen-bond donors (Lipinski definition) is 1. The predicted molar refractivity (Wildman–Crippen MR) is 80.1 cm³/mol. The van der Waals surface area contributed by atoms with Crippen LogP contribution >= 0.6 is 0 Å². The van der Waals surface area contributed by atoms with Gasteiger partial charge in [-0.1, -0.05) is 27.7 Å². The Kier molecular flexibility index (Phi) is 9.02. The molecule has 0 aliphatic carbocycles. The summed E-state index contributed by atoms with van der Waals surface area (Å²) < 4.78 is 0. The molecule has 0 saturated carbocycles. The Bertz CT molecular complexity index is 243. The molecule has 0 heterocycles. The zero-order valence-electron chi connectivity index (χ0n) is 13.5. The molecule has 0 aromatic rings. The van der Waals surface area contributed by atoms with E-state index in [2.05, 4.69) is 27.7 Å². The minimum atomic E-state index is -0.306. The van der Waals surface area contributed by atoms with Crippen molar-refractivity contribution < 1.29 is 9.90 Å². The van der Waals surface area contributed by atoms with E-state index in [-0.39, 0.29) is 12.0 Å². The molecule has 1 amide bonds. The van der Waals surface area contributed by atoms with Gasteiger partial charge in [0.05, 0.1) is 12.6 Å². The predicted octanol–water partition coefficient (Wildman–Crippen LogP) is 1.83. The average Bonchev–Trinajstić information content (AvgIpc) is 2.24.